The third kappa shape index (κ3) is 7.77. The zero-order valence-corrected chi connectivity index (χ0v) is 29.9. The van der Waals surface area contributed by atoms with Crippen LogP contribution < -0.4 is 5.32 Å². The Kier molecular flexibility index (Phi) is 11.5. The number of aliphatic carboxylic acids is 1. The normalized spacial score (nSPS) is 35.5. The van der Waals surface area contributed by atoms with E-state index in [1.165, 1.54) is 61.8 Å². The summed E-state index contributed by atoms with van der Waals surface area (Å²) in [5, 5.41) is 12.0. The molecule has 5 aliphatic rings. The predicted octanol–water partition coefficient (Wildman–Crippen LogP) is 7.80. The molecule has 8 heteroatoms. The molecule has 0 aromatic rings. The topological polar surface area (TPSA) is 113 Å². The molecule has 4 fully saturated rings. The number of ketones is 1. The van der Waals surface area contributed by atoms with Crippen molar-refractivity contribution < 1.29 is 29.0 Å². The van der Waals surface area contributed by atoms with E-state index < -0.39 is 17.7 Å². The fourth-order valence-corrected chi connectivity index (χ4v) is 11.0. The first-order chi connectivity index (χ1) is 22.3. The molecular formula is C39H62N2O6. The number of nitrogens with zero attached hydrogens (tertiary/aromatic N) is 1. The number of amides is 2. The minimum Gasteiger partial charge on any atom is -0.481 e. The first-order valence-electron chi connectivity index (χ1n) is 19.0. The van der Waals surface area contributed by atoms with Crippen LogP contribution in [-0.2, 0) is 19.1 Å². The highest BCUT2D eigenvalue weighted by atomic mass is 16.6. The van der Waals surface area contributed by atoms with Crippen LogP contribution in [-0.4, -0.2) is 59.5 Å². The number of nitrogens with one attached hydrogen (secondary N) is 1. The molecule has 1 heterocycles. The molecule has 47 heavy (non-hydrogen) atoms. The fraction of sp³-hybridized carbons (Fsp3) is 0.846. The average molecular weight is 655 g/mol. The SMILES string of the molecule is CC(C)CCC[C@H](C)[C@H]1CCC2C3CC=C4C[C@@H](OC(=O)NCCCCCC(=O)N5CC(=O)C(C(=O)O)C5)CC[C@]4(C)C3CC[C@@]21C. The van der Waals surface area contributed by atoms with Crippen LogP contribution >= 0.6 is 0 Å². The van der Waals surface area contributed by atoms with E-state index in [1.54, 1.807) is 0 Å². The van der Waals surface area contributed by atoms with Gasteiger partial charge in [-0.05, 0) is 104 Å². The van der Waals surface area contributed by atoms with E-state index in [0.717, 1.165) is 67.6 Å². The van der Waals surface area contributed by atoms with Crippen molar-refractivity contribution in [2.75, 3.05) is 19.6 Å². The molecule has 9 atom stereocenters. The van der Waals surface area contributed by atoms with Crippen molar-refractivity contribution >= 4 is 23.8 Å². The third-order valence-electron chi connectivity index (χ3n) is 13.7. The minimum atomic E-state index is -1.17. The van der Waals surface area contributed by atoms with Crippen LogP contribution in [0.2, 0.25) is 0 Å². The van der Waals surface area contributed by atoms with Gasteiger partial charge in [0.05, 0.1) is 6.54 Å². The molecule has 0 aromatic carbocycles. The molecule has 2 N–H and O–H groups in total. The van der Waals surface area contributed by atoms with Gasteiger partial charge < -0.3 is 20.1 Å². The summed E-state index contributed by atoms with van der Waals surface area (Å²) in [5.74, 6) is 2.05. The summed E-state index contributed by atoms with van der Waals surface area (Å²) in [4.78, 5) is 49.3. The fourth-order valence-electron chi connectivity index (χ4n) is 11.0. The highest BCUT2D eigenvalue weighted by Gasteiger charge is 2.59. The number of carboxylic acids is 1. The number of fused-ring (bicyclic) bond motifs is 5. The van der Waals surface area contributed by atoms with E-state index in [2.05, 4.69) is 46.0 Å². The molecule has 0 spiro atoms. The Morgan fingerprint density at radius 3 is 2.51 bits per heavy atom. The Balaban J connectivity index is 1.03. The number of carboxylic acid groups (broad SMARTS) is 1. The van der Waals surface area contributed by atoms with Crippen LogP contribution in [0.3, 0.4) is 0 Å². The molecule has 264 valence electrons. The molecule has 4 aliphatic carbocycles. The van der Waals surface area contributed by atoms with Crippen molar-refractivity contribution in [2.45, 2.75) is 137 Å². The number of Topliss-reactive ketones (excluding diaryl/α,β-unsaturated/α-hetero) is 1. The number of allylic oxidation sites excluding steroid dienone is 1. The van der Waals surface area contributed by atoms with Gasteiger partial charge >= 0.3 is 12.1 Å². The second kappa shape index (κ2) is 15.0. The first-order valence-corrected chi connectivity index (χ1v) is 19.0. The van der Waals surface area contributed by atoms with Crippen LogP contribution in [0.5, 0.6) is 0 Å². The largest absolute Gasteiger partial charge is 0.481 e. The molecule has 3 saturated carbocycles. The number of rotatable bonds is 13. The van der Waals surface area contributed by atoms with E-state index in [9.17, 15) is 19.2 Å². The molecule has 0 aromatic heterocycles. The zero-order valence-electron chi connectivity index (χ0n) is 29.9. The van der Waals surface area contributed by atoms with Crippen LogP contribution in [0, 0.1) is 52.3 Å². The second-order valence-electron chi connectivity index (χ2n) is 16.9. The number of carbonyl (C=O) groups is 4. The molecule has 1 saturated heterocycles. The molecule has 5 rings (SSSR count). The molecule has 2 amide bonds. The van der Waals surface area contributed by atoms with Gasteiger partial charge in [0.2, 0.25) is 5.91 Å². The lowest BCUT2D eigenvalue weighted by atomic mass is 9.47. The van der Waals surface area contributed by atoms with Gasteiger partial charge in [-0.25, -0.2) is 4.79 Å². The van der Waals surface area contributed by atoms with E-state index in [4.69, 9.17) is 9.84 Å². The Labute approximate surface area is 283 Å². The van der Waals surface area contributed by atoms with Crippen LogP contribution in [0.15, 0.2) is 11.6 Å². The summed E-state index contributed by atoms with van der Waals surface area (Å²) in [6, 6.07) is 0. The maximum absolute atomic E-state index is 12.7. The van der Waals surface area contributed by atoms with Gasteiger partial charge in [0.25, 0.3) is 0 Å². The number of alkyl carbamates (subject to hydrolysis) is 1. The quantitative estimate of drug-likeness (QED) is 0.119. The van der Waals surface area contributed by atoms with Crippen molar-refractivity contribution in [1.82, 2.24) is 10.2 Å². The molecule has 4 unspecified atom stereocenters. The first kappa shape index (κ1) is 35.9. The van der Waals surface area contributed by atoms with Gasteiger partial charge in [-0.2, -0.15) is 0 Å². The smallest absolute Gasteiger partial charge is 0.407 e. The van der Waals surface area contributed by atoms with Crippen molar-refractivity contribution in [1.29, 1.82) is 0 Å². The Morgan fingerprint density at radius 1 is 1.00 bits per heavy atom. The summed E-state index contributed by atoms with van der Waals surface area (Å²) in [5.41, 5.74) is 2.26. The van der Waals surface area contributed by atoms with Gasteiger partial charge in [0.15, 0.2) is 5.78 Å². The number of likely N-dealkylation sites (tertiary alicyclic amines) is 1. The number of unbranched alkanes of at least 4 members (excludes halogenated alkanes) is 2. The van der Waals surface area contributed by atoms with Crippen LogP contribution in [0.1, 0.15) is 131 Å². The molecule has 8 nitrogen and oxygen atoms in total. The Morgan fingerprint density at radius 2 is 1.79 bits per heavy atom. The summed E-state index contributed by atoms with van der Waals surface area (Å²) in [6.07, 6.45) is 18.3. The zero-order chi connectivity index (χ0) is 33.9. The average Bonchev–Trinajstić information content (AvgIpc) is 3.58. The monoisotopic (exact) mass is 654 g/mol. The van der Waals surface area contributed by atoms with E-state index in [-0.39, 0.29) is 43.0 Å². The Hall–Kier alpha value is -2.38. The maximum Gasteiger partial charge on any atom is 0.407 e. The van der Waals surface area contributed by atoms with Gasteiger partial charge in [-0.1, -0.05) is 72.0 Å². The lowest BCUT2D eigenvalue weighted by molar-refractivity contribution is -0.144. The second-order valence-corrected chi connectivity index (χ2v) is 16.9. The lowest BCUT2D eigenvalue weighted by Crippen LogP contribution is -2.51. The van der Waals surface area contributed by atoms with Gasteiger partial charge in [0, 0.05) is 25.9 Å². The predicted molar refractivity (Wildman–Crippen MR) is 182 cm³/mol. The van der Waals surface area contributed by atoms with Crippen molar-refractivity contribution in [3.05, 3.63) is 11.6 Å². The molecule has 0 radical (unpaired) electrons. The van der Waals surface area contributed by atoms with E-state index >= 15 is 0 Å². The number of ether oxygens (including phenoxy) is 1. The summed E-state index contributed by atoms with van der Waals surface area (Å²) in [6.45, 7) is 12.8. The summed E-state index contributed by atoms with van der Waals surface area (Å²) < 4.78 is 5.91. The summed E-state index contributed by atoms with van der Waals surface area (Å²) in [7, 11) is 0. The lowest BCUT2D eigenvalue weighted by Gasteiger charge is -2.58. The van der Waals surface area contributed by atoms with Gasteiger partial charge in [0.1, 0.15) is 12.0 Å². The van der Waals surface area contributed by atoms with Gasteiger partial charge in [-0.3, -0.25) is 14.4 Å². The molecule has 0 bridgehead atoms. The Bertz CT molecular complexity index is 1200. The van der Waals surface area contributed by atoms with Gasteiger partial charge in [-0.15, -0.1) is 0 Å². The van der Waals surface area contributed by atoms with Crippen molar-refractivity contribution in [3.8, 4) is 0 Å². The van der Waals surface area contributed by atoms with E-state index in [1.807, 2.05) is 0 Å². The molecular weight excluding hydrogens is 592 g/mol. The number of hydrogen-bond donors (Lipinski definition) is 2. The number of carbonyl (C=O) groups excluding carboxylic acids is 3. The third-order valence-corrected chi connectivity index (χ3v) is 13.7. The van der Waals surface area contributed by atoms with Crippen molar-refractivity contribution in [3.63, 3.8) is 0 Å². The highest BCUT2D eigenvalue weighted by Crippen LogP contribution is 2.67. The minimum absolute atomic E-state index is 0.0304. The van der Waals surface area contributed by atoms with E-state index in [0.29, 0.717) is 18.4 Å². The molecule has 1 aliphatic heterocycles. The standard InChI is InChI=1S/C39H62N2O6/c1-25(2)10-9-11-26(3)31-15-16-32-29-14-13-27-22-28(17-19-38(27,4)33(29)18-20-39(31,32)5)47-37(46)40-21-8-6-7-12-35(43)41-23-30(36(44)45)34(42)24-41/h13,25-26,28-33H,6-12,14-24H2,1-5H3,(H,40,46)(H,44,45)/t26-,28-,29?,30?,31+,32?,33?,38-,39+/m0/s1. The van der Waals surface area contributed by atoms with Crippen LogP contribution in [0.4, 0.5) is 4.79 Å². The van der Waals surface area contributed by atoms with Crippen molar-refractivity contribution in [2.24, 2.45) is 52.3 Å². The number of hydrogen-bond acceptors (Lipinski definition) is 5. The summed E-state index contributed by atoms with van der Waals surface area (Å²) >= 11 is 0. The van der Waals surface area contributed by atoms with Crippen LogP contribution in [0.25, 0.3) is 0 Å². The maximum atomic E-state index is 12.7. The highest BCUT2D eigenvalue weighted by molar-refractivity contribution is 6.03.